The van der Waals surface area contributed by atoms with Crippen LogP contribution in [0.3, 0.4) is 0 Å². The highest BCUT2D eigenvalue weighted by Crippen LogP contribution is 2.35. The molecule has 4 nitrogen and oxygen atoms in total. The molecule has 0 bridgehead atoms. The second kappa shape index (κ2) is 5.94. The van der Waals surface area contributed by atoms with Crippen molar-refractivity contribution < 1.29 is 4.79 Å². The van der Waals surface area contributed by atoms with E-state index in [1.54, 1.807) is 0 Å². The number of para-hydroxylation sites is 1. The molecule has 20 heavy (non-hydrogen) atoms. The van der Waals surface area contributed by atoms with Crippen LogP contribution in [0.15, 0.2) is 30.3 Å². The van der Waals surface area contributed by atoms with Crippen molar-refractivity contribution in [1.29, 1.82) is 0 Å². The topological polar surface area (TPSA) is 44.4 Å². The summed E-state index contributed by atoms with van der Waals surface area (Å²) in [5, 5.41) is 6.42. The van der Waals surface area contributed by atoms with Crippen molar-refractivity contribution in [2.45, 2.75) is 19.3 Å². The number of hydrogen-bond acceptors (Lipinski definition) is 3. The summed E-state index contributed by atoms with van der Waals surface area (Å²) in [5.74, 6) is 0.113. The van der Waals surface area contributed by atoms with Crippen LogP contribution in [0, 0.1) is 5.41 Å². The number of hydrogen-bond donors (Lipinski definition) is 2. The van der Waals surface area contributed by atoms with Crippen molar-refractivity contribution in [1.82, 2.24) is 10.2 Å². The molecule has 2 aliphatic rings. The normalized spacial score (nSPS) is 26.2. The van der Waals surface area contributed by atoms with Gasteiger partial charge in [-0.1, -0.05) is 18.2 Å². The third-order valence-corrected chi connectivity index (χ3v) is 4.56. The van der Waals surface area contributed by atoms with E-state index in [9.17, 15) is 4.79 Å². The smallest absolute Gasteiger partial charge is 0.225 e. The van der Waals surface area contributed by atoms with Gasteiger partial charge in [0, 0.05) is 31.7 Å². The van der Waals surface area contributed by atoms with Crippen LogP contribution in [0.4, 0.5) is 5.69 Å². The van der Waals surface area contributed by atoms with Gasteiger partial charge in [-0.2, -0.15) is 0 Å². The van der Waals surface area contributed by atoms with Gasteiger partial charge in [-0.25, -0.2) is 0 Å². The summed E-state index contributed by atoms with van der Waals surface area (Å²) < 4.78 is 0. The summed E-state index contributed by atoms with van der Waals surface area (Å²) in [6.07, 6.45) is 3.15. The zero-order chi connectivity index (χ0) is 13.8. The van der Waals surface area contributed by atoms with Gasteiger partial charge in [0.1, 0.15) is 0 Å². The van der Waals surface area contributed by atoms with Gasteiger partial charge in [0.2, 0.25) is 5.91 Å². The van der Waals surface area contributed by atoms with Crippen molar-refractivity contribution >= 4 is 11.6 Å². The minimum Gasteiger partial charge on any atom is -0.326 e. The first-order valence-electron chi connectivity index (χ1n) is 7.54. The lowest BCUT2D eigenvalue weighted by atomic mass is 9.87. The predicted octanol–water partition coefficient (Wildman–Crippen LogP) is 1.70. The molecule has 2 N–H and O–H groups in total. The highest BCUT2D eigenvalue weighted by molar-refractivity contribution is 5.90. The Bertz CT molecular complexity index is 454. The quantitative estimate of drug-likeness (QED) is 0.877. The number of benzene rings is 1. The summed E-state index contributed by atoms with van der Waals surface area (Å²) in [4.78, 5) is 14.4. The average Bonchev–Trinajstić information content (AvgIpc) is 3.08. The van der Waals surface area contributed by atoms with Crippen molar-refractivity contribution in [2.75, 3.05) is 38.0 Å². The Kier molecular flexibility index (Phi) is 4.03. The fourth-order valence-corrected chi connectivity index (χ4v) is 3.37. The molecule has 0 saturated carbocycles. The number of rotatable bonds is 4. The van der Waals surface area contributed by atoms with Crippen LogP contribution >= 0.6 is 0 Å². The lowest BCUT2D eigenvalue weighted by Crippen LogP contribution is -2.31. The molecule has 3 rings (SSSR count). The van der Waals surface area contributed by atoms with Gasteiger partial charge in [0.05, 0.1) is 0 Å². The van der Waals surface area contributed by atoms with Gasteiger partial charge in [0.25, 0.3) is 0 Å². The number of nitrogens with one attached hydrogen (secondary N) is 2. The van der Waals surface area contributed by atoms with Crippen molar-refractivity contribution in [3.63, 3.8) is 0 Å². The molecule has 1 aromatic carbocycles. The molecule has 1 atom stereocenters. The molecule has 1 unspecified atom stereocenters. The Morgan fingerprint density at radius 3 is 2.90 bits per heavy atom. The van der Waals surface area contributed by atoms with Crippen LogP contribution in [-0.2, 0) is 4.79 Å². The Labute approximate surface area is 120 Å². The molecule has 1 spiro atoms. The highest BCUT2D eigenvalue weighted by atomic mass is 16.1. The zero-order valence-electron chi connectivity index (χ0n) is 11.9. The second-order valence-corrected chi connectivity index (χ2v) is 6.12. The van der Waals surface area contributed by atoms with Crippen LogP contribution in [0.1, 0.15) is 19.3 Å². The zero-order valence-corrected chi connectivity index (χ0v) is 11.9. The van der Waals surface area contributed by atoms with Gasteiger partial charge in [-0.05, 0) is 43.5 Å². The second-order valence-electron chi connectivity index (χ2n) is 6.12. The van der Waals surface area contributed by atoms with Gasteiger partial charge in [-0.15, -0.1) is 0 Å². The van der Waals surface area contributed by atoms with E-state index in [2.05, 4.69) is 15.5 Å². The number of nitrogens with zero attached hydrogens (tertiary/aromatic N) is 1. The van der Waals surface area contributed by atoms with E-state index in [-0.39, 0.29) is 5.91 Å². The van der Waals surface area contributed by atoms with Crippen molar-refractivity contribution in [3.05, 3.63) is 30.3 Å². The van der Waals surface area contributed by atoms with Crippen molar-refractivity contribution in [3.8, 4) is 0 Å². The van der Waals surface area contributed by atoms with E-state index in [4.69, 9.17) is 0 Å². The highest BCUT2D eigenvalue weighted by Gasteiger charge is 2.39. The van der Waals surface area contributed by atoms with E-state index in [1.807, 2.05) is 30.3 Å². The summed E-state index contributed by atoms with van der Waals surface area (Å²) in [6.45, 7) is 5.47. The van der Waals surface area contributed by atoms with E-state index < -0.39 is 0 Å². The Morgan fingerprint density at radius 2 is 2.15 bits per heavy atom. The van der Waals surface area contributed by atoms with Crippen LogP contribution in [0.25, 0.3) is 0 Å². The van der Waals surface area contributed by atoms with Gasteiger partial charge in [0.15, 0.2) is 0 Å². The summed E-state index contributed by atoms with van der Waals surface area (Å²) in [6, 6.07) is 9.68. The molecule has 4 heteroatoms. The molecule has 2 saturated heterocycles. The Balaban J connectivity index is 1.42. The molecule has 1 aromatic rings. The lowest BCUT2D eigenvalue weighted by molar-refractivity contribution is -0.116. The monoisotopic (exact) mass is 273 g/mol. The minimum atomic E-state index is 0.113. The Hall–Kier alpha value is -1.39. The summed E-state index contributed by atoms with van der Waals surface area (Å²) in [5.41, 5.74) is 1.38. The van der Waals surface area contributed by atoms with E-state index in [0.717, 1.165) is 38.4 Å². The van der Waals surface area contributed by atoms with E-state index >= 15 is 0 Å². The summed E-state index contributed by atoms with van der Waals surface area (Å²) in [7, 11) is 0. The fraction of sp³-hybridized carbons (Fsp3) is 0.562. The molecule has 0 aromatic heterocycles. The first-order chi connectivity index (χ1) is 9.76. The lowest BCUT2D eigenvalue weighted by Gasteiger charge is -2.22. The van der Waals surface area contributed by atoms with Gasteiger partial charge >= 0.3 is 0 Å². The molecule has 108 valence electrons. The van der Waals surface area contributed by atoms with Crippen LogP contribution in [0.5, 0.6) is 0 Å². The third kappa shape index (κ3) is 3.19. The standard InChI is InChI=1S/C16H23N3O/c20-15(18-14-4-2-1-3-5-14)6-10-19-11-8-16(13-19)7-9-17-12-16/h1-5,17H,6-13H2,(H,18,20). The van der Waals surface area contributed by atoms with Gasteiger partial charge in [-0.3, -0.25) is 4.79 Å². The Morgan fingerprint density at radius 1 is 1.30 bits per heavy atom. The summed E-state index contributed by atoms with van der Waals surface area (Å²) >= 11 is 0. The average molecular weight is 273 g/mol. The molecule has 2 heterocycles. The maximum Gasteiger partial charge on any atom is 0.225 e. The number of likely N-dealkylation sites (tertiary alicyclic amines) is 1. The largest absolute Gasteiger partial charge is 0.326 e. The van der Waals surface area contributed by atoms with Crippen LogP contribution in [-0.4, -0.2) is 43.5 Å². The van der Waals surface area contributed by atoms with E-state index in [0.29, 0.717) is 11.8 Å². The number of amides is 1. The molecule has 2 fully saturated rings. The first kappa shape index (κ1) is 13.6. The van der Waals surface area contributed by atoms with Gasteiger partial charge < -0.3 is 15.5 Å². The van der Waals surface area contributed by atoms with Crippen LogP contribution in [0.2, 0.25) is 0 Å². The first-order valence-corrected chi connectivity index (χ1v) is 7.54. The molecule has 0 radical (unpaired) electrons. The van der Waals surface area contributed by atoms with E-state index in [1.165, 1.54) is 12.8 Å². The predicted molar refractivity (Wildman–Crippen MR) is 80.7 cm³/mol. The number of carbonyl (C=O) groups is 1. The molecule has 1 amide bonds. The number of carbonyl (C=O) groups excluding carboxylic acids is 1. The maximum absolute atomic E-state index is 11.9. The molecule has 2 aliphatic heterocycles. The number of anilines is 1. The third-order valence-electron chi connectivity index (χ3n) is 4.56. The SMILES string of the molecule is O=C(CCN1CCC2(CCNC2)C1)Nc1ccccc1. The molecular weight excluding hydrogens is 250 g/mol. The minimum absolute atomic E-state index is 0.113. The van der Waals surface area contributed by atoms with Crippen molar-refractivity contribution in [2.24, 2.45) is 5.41 Å². The fourth-order valence-electron chi connectivity index (χ4n) is 3.37. The van der Waals surface area contributed by atoms with Crippen LogP contribution < -0.4 is 10.6 Å². The maximum atomic E-state index is 11.9. The molecule has 0 aliphatic carbocycles. The molecular formula is C16H23N3O.